The van der Waals surface area contributed by atoms with Crippen molar-refractivity contribution in [2.45, 2.75) is 95.8 Å². The van der Waals surface area contributed by atoms with Crippen LogP contribution in [0.25, 0.3) is 0 Å². The Hall–Kier alpha value is -0.750. The number of halogens is 1. The summed E-state index contributed by atoms with van der Waals surface area (Å²) in [7, 11) is 0. The maximum absolute atomic E-state index is 6.05. The van der Waals surface area contributed by atoms with Crippen LogP contribution in [0.15, 0.2) is 36.9 Å². The average molecular weight is 413 g/mol. The summed E-state index contributed by atoms with van der Waals surface area (Å²) < 4.78 is 0. The summed E-state index contributed by atoms with van der Waals surface area (Å²) in [4.78, 5) is 0. The SMILES string of the molecule is C=CC1CCC(C2CCC(CCC3CCC(c4ccc(Cl)cc4)CC3)CC2)CC1. The van der Waals surface area contributed by atoms with Crippen molar-refractivity contribution in [3.8, 4) is 0 Å². The molecule has 0 aromatic heterocycles. The van der Waals surface area contributed by atoms with Gasteiger partial charge in [-0.25, -0.2) is 0 Å². The Bertz CT molecular complexity index is 608. The molecule has 0 amide bonds. The molecule has 1 aromatic rings. The summed E-state index contributed by atoms with van der Waals surface area (Å²) in [5, 5.41) is 0.863. The first-order valence-corrected chi connectivity index (χ1v) is 13.0. The molecule has 0 atom stereocenters. The van der Waals surface area contributed by atoms with Gasteiger partial charge in [0.05, 0.1) is 0 Å². The van der Waals surface area contributed by atoms with E-state index in [1.165, 1.54) is 95.5 Å². The zero-order valence-corrected chi connectivity index (χ0v) is 19.1. The predicted molar refractivity (Wildman–Crippen MR) is 126 cm³/mol. The lowest BCUT2D eigenvalue weighted by atomic mass is 9.68. The van der Waals surface area contributed by atoms with Crippen molar-refractivity contribution in [1.29, 1.82) is 0 Å². The zero-order chi connectivity index (χ0) is 20.1. The Balaban J connectivity index is 1.13. The third-order valence-corrected chi connectivity index (χ3v) is 9.13. The van der Waals surface area contributed by atoms with Crippen molar-refractivity contribution in [3.63, 3.8) is 0 Å². The number of rotatable bonds is 6. The molecule has 3 fully saturated rings. The fourth-order valence-corrected chi connectivity index (χ4v) is 6.92. The van der Waals surface area contributed by atoms with Crippen molar-refractivity contribution in [1.82, 2.24) is 0 Å². The molecule has 0 nitrogen and oxygen atoms in total. The molecule has 3 saturated carbocycles. The van der Waals surface area contributed by atoms with E-state index in [1.54, 1.807) is 0 Å². The lowest BCUT2D eigenvalue weighted by Gasteiger charge is -2.38. The Morgan fingerprint density at radius 3 is 1.69 bits per heavy atom. The molecular formula is C28H41Cl. The normalized spacial score (nSPS) is 35.9. The summed E-state index contributed by atoms with van der Waals surface area (Å²) in [6.07, 6.45) is 22.7. The molecule has 1 heteroatoms. The molecule has 0 unspecified atom stereocenters. The minimum Gasteiger partial charge on any atom is -0.103 e. The number of hydrogen-bond acceptors (Lipinski definition) is 0. The van der Waals surface area contributed by atoms with Crippen LogP contribution in [0, 0.1) is 29.6 Å². The molecule has 1 aromatic carbocycles. The Morgan fingerprint density at radius 1 is 0.690 bits per heavy atom. The van der Waals surface area contributed by atoms with E-state index in [4.69, 9.17) is 11.6 Å². The van der Waals surface area contributed by atoms with Gasteiger partial charge in [-0.3, -0.25) is 0 Å². The van der Waals surface area contributed by atoms with Crippen LogP contribution in [-0.4, -0.2) is 0 Å². The van der Waals surface area contributed by atoms with E-state index in [2.05, 4.69) is 36.9 Å². The Morgan fingerprint density at radius 2 is 1.17 bits per heavy atom. The lowest BCUT2D eigenvalue weighted by Crippen LogP contribution is -2.25. The molecule has 0 radical (unpaired) electrons. The fourth-order valence-electron chi connectivity index (χ4n) is 6.79. The van der Waals surface area contributed by atoms with Crippen molar-refractivity contribution in [2.24, 2.45) is 29.6 Å². The van der Waals surface area contributed by atoms with Crippen LogP contribution in [0.1, 0.15) is 101 Å². The van der Waals surface area contributed by atoms with Gasteiger partial charge in [0.15, 0.2) is 0 Å². The molecular weight excluding hydrogens is 372 g/mol. The maximum Gasteiger partial charge on any atom is 0.0406 e. The molecule has 160 valence electrons. The van der Waals surface area contributed by atoms with Crippen LogP contribution in [0.2, 0.25) is 5.02 Å². The van der Waals surface area contributed by atoms with E-state index in [-0.39, 0.29) is 0 Å². The van der Waals surface area contributed by atoms with E-state index >= 15 is 0 Å². The monoisotopic (exact) mass is 412 g/mol. The highest BCUT2D eigenvalue weighted by Gasteiger charge is 2.30. The zero-order valence-electron chi connectivity index (χ0n) is 18.3. The van der Waals surface area contributed by atoms with Gasteiger partial charge in [-0.1, -0.05) is 55.5 Å². The third-order valence-electron chi connectivity index (χ3n) is 8.88. The second kappa shape index (κ2) is 10.5. The smallest absolute Gasteiger partial charge is 0.0406 e. The van der Waals surface area contributed by atoms with E-state index in [9.17, 15) is 0 Å². The van der Waals surface area contributed by atoms with Gasteiger partial charge >= 0.3 is 0 Å². The van der Waals surface area contributed by atoms with Crippen LogP contribution in [0.4, 0.5) is 0 Å². The number of allylic oxidation sites excluding steroid dienone is 1. The summed E-state index contributed by atoms with van der Waals surface area (Å²) in [5.74, 6) is 5.70. The third kappa shape index (κ3) is 5.90. The number of hydrogen-bond donors (Lipinski definition) is 0. The molecule has 0 aliphatic heterocycles. The molecule has 0 heterocycles. The molecule has 0 N–H and O–H groups in total. The average Bonchev–Trinajstić information content (AvgIpc) is 2.79. The maximum atomic E-state index is 6.05. The molecule has 0 saturated heterocycles. The van der Waals surface area contributed by atoms with Crippen molar-refractivity contribution < 1.29 is 0 Å². The molecule has 3 aliphatic rings. The van der Waals surface area contributed by atoms with E-state index in [0.717, 1.165) is 40.5 Å². The molecule has 0 bridgehead atoms. The largest absolute Gasteiger partial charge is 0.103 e. The standard InChI is InChI=1S/C28H41Cl/c1-2-21-5-11-24(12-6-21)25-13-7-22(8-14-25)3-4-23-9-15-26(16-10-23)27-17-19-28(29)20-18-27/h2,17-26H,1,3-16H2. The minimum atomic E-state index is 0.773. The summed E-state index contributed by atoms with van der Waals surface area (Å²) >= 11 is 6.05. The van der Waals surface area contributed by atoms with Crippen molar-refractivity contribution >= 4 is 11.6 Å². The van der Waals surface area contributed by atoms with Gasteiger partial charge in [-0.15, -0.1) is 6.58 Å². The van der Waals surface area contributed by atoms with Gasteiger partial charge in [-0.05, 0) is 117 Å². The highest BCUT2D eigenvalue weighted by Crippen LogP contribution is 2.44. The van der Waals surface area contributed by atoms with Gasteiger partial charge in [0.1, 0.15) is 0 Å². The first-order valence-electron chi connectivity index (χ1n) is 12.6. The van der Waals surface area contributed by atoms with Crippen LogP contribution in [0.3, 0.4) is 0 Å². The predicted octanol–water partition coefficient (Wildman–Crippen LogP) is 9.19. The highest BCUT2D eigenvalue weighted by atomic mass is 35.5. The van der Waals surface area contributed by atoms with Crippen LogP contribution >= 0.6 is 11.6 Å². The first kappa shape index (κ1) is 21.5. The molecule has 0 spiro atoms. The van der Waals surface area contributed by atoms with Gasteiger partial charge in [0, 0.05) is 5.02 Å². The topological polar surface area (TPSA) is 0 Å². The summed E-state index contributed by atoms with van der Waals surface area (Å²) in [6, 6.07) is 8.61. The van der Waals surface area contributed by atoms with Crippen molar-refractivity contribution in [2.75, 3.05) is 0 Å². The van der Waals surface area contributed by atoms with Gasteiger partial charge in [-0.2, -0.15) is 0 Å². The van der Waals surface area contributed by atoms with Crippen molar-refractivity contribution in [3.05, 3.63) is 47.5 Å². The highest BCUT2D eigenvalue weighted by molar-refractivity contribution is 6.30. The summed E-state index contributed by atoms with van der Waals surface area (Å²) in [5.41, 5.74) is 1.51. The Kier molecular flexibility index (Phi) is 7.79. The van der Waals surface area contributed by atoms with Crippen LogP contribution in [-0.2, 0) is 0 Å². The number of benzene rings is 1. The van der Waals surface area contributed by atoms with E-state index < -0.39 is 0 Å². The quantitative estimate of drug-likeness (QED) is 0.408. The second-order valence-electron chi connectivity index (χ2n) is 10.5. The van der Waals surface area contributed by atoms with Gasteiger partial charge < -0.3 is 0 Å². The van der Waals surface area contributed by atoms with E-state index in [0.29, 0.717) is 0 Å². The lowest BCUT2D eigenvalue weighted by molar-refractivity contribution is 0.147. The van der Waals surface area contributed by atoms with E-state index in [1.807, 2.05) is 0 Å². The fraction of sp³-hybridized carbons (Fsp3) is 0.714. The van der Waals surface area contributed by atoms with Gasteiger partial charge in [0.2, 0.25) is 0 Å². The van der Waals surface area contributed by atoms with Crippen LogP contribution < -0.4 is 0 Å². The summed E-state index contributed by atoms with van der Waals surface area (Å²) in [6.45, 7) is 4.01. The van der Waals surface area contributed by atoms with Crippen LogP contribution in [0.5, 0.6) is 0 Å². The second-order valence-corrected chi connectivity index (χ2v) is 11.0. The first-order chi connectivity index (χ1) is 14.2. The molecule has 4 rings (SSSR count). The molecule has 3 aliphatic carbocycles. The minimum absolute atomic E-state index is 0.773. The molecule has 29 heavy (non-hydrogen) atoms. The Labute approximate surface area is 184 Å². The van der Waals surface area contributed by atoms with Gasteiger partial charge in [0.25, 0.3) is 0 Å².